The highest BCUT2D eigenvalue weighted by molar-refractivity contribution is 5.98. The Balaban J connectivity index is 1.65. The van der Waals surface area contributed by atoms with Crippen molar-refractivity contribution in [1.29, 1.82) is 0 Å². The summed E-state index contributed by atoms with van der Waals surface area (Å²) in [4.78, 5) is 29.5. The number of fused-ring (bicyclic) bond motifs is 1. The number of carbonyl (C=O) groups excluding carboxylic acids is 1. The summed E-state index contributed by atoms with van der Waals surface area (Å²) in [5.74, 6) is -0.565. The van der Waals surface area contributed by atoms with Crippen LogP contribution in [-0.4, -0.2) is 33.7 Å². The third-order valence-electron chi connectivity index (χ3n) is 3.92. The van der Waals surface area contributed by atoms with Crippen molar-refractivity contribution in [3.63, 3.8) is 0 Å². The van der Waals surface area contributed by atoms with Gasteiger partial charge >= 0.3 is 5.97 Å². The summed E-state index contributed by atoms with van der Waals surface area (Å²) in [6.07, 6.45) is 1.42. The number of aromatic nitrogens is 2. The van der Waals surface area contributed by atoms with Gasteiger partial charge in [-0.25, -0.2) is 0 Å². The van der Waals surface area contributed by atoms with Crippen LogP contribution in [0.15, 0.2) is 28.8 Å². The predicted molar refractivity (Wildman–Crippen MR) is 81.1 cm³/mol. The van der Waals surface area contributed by atoms with Crippen molar-refractivity contribution in [3.05, 3.63) is 41.5 Å². The number of para-hydroxylation sites is 1. The average Bonchev–Trinajstić information content (AvgIpc) is 3.11. The van der Waals surface area contributed by atoms with E-state index in [1.807, 2.05) is 6.07 Å². The van der Waals surface area contributed by atoms with Crippen LogP contribution in [0.3, 0.4) is 0 Å². The lowest BCUT2D eigenvalue weighted by Crippen LogP contribution is -2.31. The minimum atomic E-state index is -0.908. The number of amides is 1. The first-order valence-electron chi connectivity index (χ1n) is 7.47. The van der Waals surface area contributed by atoms with Gasteiger partial charge in [-0.05, 0) is 25.0 Å². The summed E-state index contributed by atoms with van der Waals surface area (Å²) in [5, 5.41) is 13.0. The zero-order chi connectivity index (χ0) is 16.4. The van der Waals surface area contributed by atoms with Gasteiger partial charge in [0.25, 0.3) is 0 Å². The Morgan fingerprint density at radius 1 is 1.39 bits per heavy atom. The number of rotatable bonds is 5. The molecule has 0 radical (unpaired) electrons. The van der Waals surface area contributed by atoms with Gasteiger partial charge in [-0.15, -0.1) is 0 Å². The molecule has 2 heterocycles. The van der Waals surface area contributed by atoms with Crippen LogP contribution in [0.4, 0.5) is 5.69 Å². The zero-order valence-electron chi connectivity index (χ0n) is 12.7. The highest BCUT2D eigenvalue weighted by atomic mass is 16.5. The molecule has 0 bridgehead atoms. The van der Waals surface area contributed by atoms with Gasteiger partial charge in [-0.3, -0.25) is 9.59 Å². The zero-order valence-corrected chi connectivity index (χ0v) is 12.7. The summed E-state index contributed by atoms with van der Waals surface area (Å²) >= 11 is 0. The number of nitrogens with zero attached hydrogens (tertiary/aromatic N) is 3. The number of carboxylic acid groups (broad SMARTS) is 1. The summed E-state index contributed by atoms with van der Waals surface area (Å²) in [6, 6.07) is 7.16. The van der Waals surface area contributed by atoms with Crippen molar-refractivity contribution in [3.8, 4) is 0 Å². The van der Waals surface area contributed by atoms with Crippen molar-refractivity contribution >= 4 is 17.6 Å². The van der Waals surface area contributed by atoms with E-state index in [4.69, 9.17) is 4.52 Å². The quantitative estimate of drug-likeness (QED) is 0.905. The first kappa shape index (κ1) is 15.2. The predicted octanol–water partition coefficient (Wildman–Crippen LogP) is 1.92. The second-order valence-electron chi connectivity index (χ2n) is 5.54. The number of hydrogen-bond acceptors (Lipinski definition) is 5. The second-order valence-corrected chi connectivity index (χ2v) is 5.54. The lowest BCUT2D eigenvalue weighted by molar-refractivity contribution is -0.138. The highest BCUT2D eigenvalue weighted by Crippen LogP contribution is 2.36. The van der Waals surface area contributed by atoms with Crippen molar-refractivity contribution in [2.24, 2.45) is 0 Å². The molecule has 0 spiro atoms. The van der Waals surface area contributed by atoms with Crippen LogP contribution >= 0.6 is 0 Å². The maximum atomic E-state index is 12.4. The van der Waals surface area contributed by atoms with E-state index in [0.717, 1.165) is 0 Å². The molecule has 0 saturated carbocycles. The molecule has 1 aliphatic rings. The fourth-order valence-electron chi connectivity index (χ4n) is 2.82. The van der Waals surface area contributed by atoms with Crippen LogP contribution in [0.5, 0.6) is 0 Å². The van der Waals surface area contributed by atoms with Crippen molar-refractivity contribution in [2.45, 2.75) is 32.1 Å². The van der Waals surface area contributed by atoms with E-state index in [-0.39, 0.29) is 12.5 Å². The van der Waals surface area contributed by atoms with E-state index in [2.05, 4.69) is 10.1 Å². The third kappa shape index (κ3) is 3.08. The SMILES string of the molecule is Cc1noc(CCCC(=O)N2CC(C(=O)O)c3ccccc32)n1. The van der Waals surface area contributed by atoms with Crippen LogP contribution in [0.25, 0.3) is 0 Å². The minimum absolute atomic E-state index is 0.0857. The maximum absolute atomic E-state index is 12.4. The van der Waals surface area contributed by atoms with E-state index in [1.165, 1.54) is 0 Å². The topological polar surface area (TPSA) is 96.5 Å². The van der Waals surface area contributed by atoms with Crippen LogP contribution in [0, 0.1) is 6.92 Å². The molecule has 1 aliphatic heterocycles. The van der Waals surface area contributed by atoms with Crippen LogP contribution in [0.2, 0.25) is 0 Å². The van der Waals surface area contributed by atoms with Gasteiger partial charge in [0, 0.05) is 25.1 Å². The van der Waals surface area contributed by atoms with Gasteiger partial charge in [0.2, 0.25) is 11.8 Å². The summed E-state index contributed by atoms with van der Waals surface area (Å²) in [7, 11) is 0. The van der Waals surface area contributed by atoms with Crippen LogP contribution in [-0.2, 0) is 16.0 Å². The number of carbonyl (C=O) groups is 2. The Bertz CT molecular complexity index is 740. The van der Waals surface area contributed by atoms with Crippen molar-refractivity contribution in [1.82, 2.24) is 10.1 Å². The normalized spacial score (nSPS) is 16.4. The number of aliphatic carboxylic acids is 1. The average molecular weight is 315 g/mol. The molecule has 1 aromatic heterocycles. The lowest BCUT2D eigenvalue weighted by Gasteiger charge is -2.17. The van der Waals surface area contributed by atoms with Gasteiger partial charge in [-0.1, -0.05) is 23.4 Å². The van der Waals surface area contributed by atoms with E-state index in [1.54, 1.807) is 30.0 Å². The van der Waals surface area contributed by atoms with Crippen LogP contribution < -0.4 is 4.90 Å². The first-order valence-corrected chi connectivity index (χ1v) is 7.47. The van der Waals surface area contributed by atoms with Crippen LogP contribution in [0.1, 0.15) is 36.0 Å². The number of hydrogen-bond donors (Lipinski definition) is 1. The van der Waals surface area contributed by atoms with E-state index >= 15 is 0 Å². The van der Waals surface area contributed by atoms with Gasteiger partial charge < -0.3 is 14.5 Å². The summed E-state index contributed by atoms with van der Waals surface area (Å²) < 4.78 is 5.01. The highest BCUT2D eigenvalue weighted by Gasteiger charge is 2.35. The fraction of sp³-hybridized carbons (Fsp3) is 0.375. The van der Waals surface area contributed by atoms with Crippen molar-refractivity contribution < 1.29 is 19.2 Å². The van der Waals surface area contributed by atoms with Gasteiger partial charge in [-0.2, -0.15) is 4.98 Å². The monoisotopic (exact) mass is 315 g/mol. The Morgan fingerprint density at radius 3 is 2.87 bits per heavy atom. The van der Waals surface area contributed by atoms with Gasteiger partial charge in [0.1, 0.15) is 5.92 Å². The van der Waals surface area contributed by atoms with Crippen molar-refractivity contribution in [2.75, 3.05) is 11.4 Å². The number of anilines is 1. The smallest absolute Gasteiger partial charge is 0.312 e. The van der Waals surface area contributed by atoms with Gasteiger partial charge in [0.05, 0.1) is 0 Å². The second kappa shape index (κ2) is 6.20. The number of aryl methyl sites for hydroxylation is 2. The molecule has 1 atom stereocenters. The molecule has 1 unspecified atom stereocenters. The molecule has 1 amide bonds. The van der Waals surface area contributed by atoms with Gasteiger partial charge in [0.15, 0.2) is 5.82 Å². The Morgan fingerprint density at radius 2 is 2.17 bits per heavy atom. The maximum Gasteiger partial charge on any atom is 0.312 e. The molecule has 3 rings (SSSR count). The molecule has 1 N–H and O–H groups in total. The summed E-state index contributed by atoms with van der Waals surface area (Å²) in [6.45, 7) is 1.93. The molecule has 0 aliphatic carbocycles. The fourth-order valence-corrected chi connectivity index (χ4v) is 2.82. The Labute approximate surface area is 132 Å². The molecule has 120 valence electrons. The molecule has 2 aromatic rings. The lowest BCUT2D eigenvalue weighted by atomic mass is 10.0. The molecule has 1 aromatic carbocycles. The molecule has 7 heteroatoms. The number of carboxylic acids is 1. The minimum Gasteiger partial charge on any atom is -0.481 e. The summed E-state index contributed by atoms with van der Waals surface area (Å²) in [5.41, 5.74) is 1.39. The molecular formula is C16H17N3O4. The Hall–Kier alpha value is -2.70. The van der Waals surface area contributed by atoms with E-state index in [9.17, 15) is 14.7 Å². The van der Waals surface area contributed by atoms with E-state index in [0.29, 0.717) is 42.2 Å². The largest absolute Gasteiger partial charge is 0.481 e. The molecule has 23 heavy (non-hydrogen) atoms. The number of benzene rings is 1. The first-order chi connectivity index (χ1) is 11.1. The Kier molecular flexibility index (Phi) is 4.10. The molecule has 7 nitrogen and oxygen atoms in total. The third-order valence-corrected chi connectivity index (χ3v) is 3.92. The molecule has 0 saturated heterocycles. The standard InChI is InChI=1S/C16H17N3O4/c1-10-17-14(23-18-10)7-4-8-15(20)19-9-12(16(21)22)11-5-2-3-6-13(11)19/h2-3,5-6,12H,4,7-9H2,1H3,(H,21,22). The molecular weight excluding hydrogens is 298 g/mol. The molecule has 0 fully saturated rings. The van der Waals surface area contributed by atoms with E-state index < -0.39 is 11.9 Å².